The summed E-state index contributed by atoms with van der Waals surface area (Å²) in [6.45, 7) is 0. The molecule has 0 amide bonds. The third-order valence-electron chi connectivity index (χ3n) is 2.15. The molecular weight excluding hydrogens is 174 g/mol. The quantitative estimate of drug-likeness (QED) is 0.552. The number of nitrogens with zero attached hydrogens (tertiary/aromatic N) is 1. The van der Waals surface area contributed by atoms with Gasteiger partial charge in [-0.25, -0.2) is 0 Å². The largest absolute Gasteiger partial charge is 0.387 e. The molecular formula is C11H11N3. The van der Waals surface area contributed by atoms with E-state index >= 15 is 0 Å². The number of nitrogens with two attached hydrogens (primary N) is 1. The second-order valence-corrected chi connectivity index (χ2v) is 3.22. The molecule has 0 saturated carbocycles. The number of hydrogen-bond donors (Lipinski definition) is 2. The maximum absolute atomic E-state index is 7.27. The van der Waals surface area contributed by atoms with E-state index in [0.717, 1.165) is 16.3 Å². The van der Waals surface area contributed by atoms with E-state index in [4.69, 9.17) is 11.1 Å². The van der Waals surface area contributed by atoms with Crippen molar-refractivity contribution in [2.75, 3.05) is 0 Å². The fourth-order valence-corrected chi connectivity index (χ4v) is 1.55. The van der Waals surface area contributed by atoms with Crippen LogP contribution in [0.3, 0.4) is 0 Å². The Morgan fingerprint density at radius 2 is 2.21 bits per heavy atom. The number of nitrogens with one attached hydrogen (secondary N) is 1. The molecule has 0 radical (unpaired) electrons. The third kappa shape index (κ3) is 1.57. The molecule has 3 N–H and O–H groups in total. The highest BCUT2D eigenvalue weighted by Gasteiger charge is 2.00. The normalized spacial score (nSPS) is 10.3. The Kier molecular flexibility index (Phi) is 2.14. The molecule has 14 heavy (non-hydrogen) atoms. The highest BCUT2D eigenvalue weighted by Crippen LogP contribution is 2.17. The van der Waals surface area contributed by atoms with Crippen LogP contribution in [0.1, 0.15) is 5.56 Å². The van der Waals surface area contributed by atoms with Gasteiger partial charge in [0.05, 0.1) is 5.84 Å². The Bertz CT molecular complexity index is 471. The van der Waals surface area contributed by atoms with Crippen LogP contribution in [0.4, 0.5) is 0 Å². The molecule has 70 valence electrons. The minimum absolute atomic E-state index is 0.189. The van der Waals surface area contributed by atoms with E-state index in [1.165, 1.54) is 0 Å². The Labute approximate surface area is 82.1 Å². The van der Waals surface area contributed by atoms with Crippen molar-refractivity contribution in [1.82, 2.24) is 4.98 Å². The van der Waals surface area contributed by atoms with E-state index in [9.17, 15) is 0 Å². The molecule has 3 heteroatoms. The second-order valence-electron chi connectivity index (χ2n) is 3.22. The number of amidine groups is 1. The van der Waals surface area contributed by atoms with Crippen molar-refractivity contribution >= 4 is 16.6 Å². The first-order valence-electron chi connectivity index (χ1n) is 4.42. The van der Waals surface area contributed by atoms with Gasteiger partial charge in [-0.3, -0.25) is 10.4 Å². The van der Waals surface area contributed by atoms with Crippen LogP contribution in [-0.2, 0) is 6.42 Å². The van der Waals surface area contributed by atoms with E-state index in [-0.39, 0.29) is 5.84 Å². The fraction of sp³-hybridized carbons (Fsp3) is 0.0909. The molecule has 0 atom stereocenters. The van der Waals surface area contributed by atoms with Gasteiger partial charge in [0.2, 0.25) is 0 Å². The maximum Gasteiger partial charge on any atom is 0.0950 e. The number of aromatic nitrogens is 1. The summed E-state index contributed by atoms with van der Waals surface area (Å²) in [6.07, 6.45) is 4.08. The molecule has 3 nitrogen and oxygen atoms in total. The fourth-order valence-electron chi connectivity index (χ4n) is 1.55. The lowest BCUT2D eigenvalue weighted by Crippen LogP contribution is -2.12. The maximum atomic E-state index is 7.27. The van der Waals surface area contributed by atoms with Crippen LogP contribution in [0, 0.1) is 5.41 Å². The third-order valence-corrected chi connectivity index (χ3v) is 2.15. The zero-order valence-corrected chi connectivity index (χ0v) is 7.70. The predicted molar refractivity (Wildman–Crippen MR) is 57.4 cm³/mol. The van der Waals surface area contributed by atoms with E-state index in [1.807, 2.05) is 30.5 Å². The average Bonchev–Trinajstić information content (AvgIpc) is 2.18. The van der Waals surface area contributed by atoms with Gasteiger partial charge in [-0.2, -0.15) is 0 Å². The molecule has 1 heterocycles. The lowest BCUT2D eigenvalue weighted by atomic mass is 10.0. The Morgan fingerprint density at radius 3 is 3.00 bits per heavy atom. The molecule has 0 fully saturated rings. The minimum atomic E-state index is 0.189. The first-order chi connectivity index (χ1) is 6.77. The van der Waals surface area contributed by atoms with Crippen molar-refractivity contribution < 1.29 is 0 Å². The number of hydrogen-bond acceptors (Lipinski definition) is 2. The Hall–Kier alpha value is -1.90. The number of fused-ring (bicyclic) bond motifs is 1. The topological polar surface area (TPSA) is 62.8 Å². The van der Waals surface area contributed by atoms with Gasteiger partial charge >= 0.3 is 0 Å². The Morgan fingerprint density at radius 1 is 1.36 bits per heavy atom. The SMILES string of the molecule is N=C(N)Cc1cccc2cnccc12. The summed E-state index contributed by atoms with van der Waals surface area (Å²) in [5, 5.41) is 9.48. The number of benzene rings is 1. The van der Waals surface area contributed by atoms with Crippen LogP contribution >= 0.6 is 0 Å². The smallest absolute Gasteiger partial charge is 0.0950 e. The van der Waals surface area contributed by atoms with Crippen molar-refractivity contribution in [1.29, 1.82) is 5.41 Å². The van der Waals surface area contributed by atoms with Crippen LogP contribution in [0.2, 0.25) is 0 Å². The predicted octanol–water partition coefficient (Wildman–Crippen LogP) is 1.71. The second kappa shape index (κ2) is 3.46. The summed E-state index contributed by atoms with van der Waals surface area (Å²) < 4.78 is 0. The number of rotatable bonds is 2. The molecule has 2 rings (SSSR count). The molecule has 0 saturated heterocycles. The van der Waals surface area contributed by atoms with E-state index in [2.05, 4.69) is 4.98 Å². The molecule has 0 aliphatic rings. The van der Waals surface area contributed by atoms with Gasteiger partial charge in [-0.15, -0.1) is 0 Å². The average molecular weight is 185 g/mol. The van der Waals surface area contributed by atoms with Crippen LogP contribution in [0.15, 0.2) is 36.7 Å². The van der Waals surface area contributed by atoms with Crippen molar-refractivity contribution in [3.05, 3.63) is 42.2 Å². The summed E-state index contributed by atoms with van der Waals surface area (Å²) in [5.74, 6) is 0.189. The monoisotopic (exact) mass is 185 g/mol. The summed E-state index contributed by atoms with van der Waals surface area (Å²) in [6, 6.07) is 7.91. The Balaban J connectivity index is 2.59. The highest BCUT2D eigenvalue weighted by atomic mass is 14.7. The minimum Gasteiger partial charge on any atom is -0.387 e. The van der Waals surface area contributed by atoms with Crippen LogP contribution in [0.25, 0.3) is 10.8 Å². The molecule has 0 spiro atoms. The van der Waals surface area contributed by atoms with Crippen molar-refractivity contribution in [3.8, 4) is 0 Å². The first kappa shape index (κ1) is 8.69. The van der Waals surface area contributed by atoms with Gasteiger partial charge in [0.15, 0.2) is 0 Å². The van der Waals surface area contributed by atoms with Crippen molar-refractivity contribution in [3.63, 3.8) is 0 Å². The van der Waals surface area contributed by atoms with E-state index in [1.54, 1.807) is 6.20 Å². The molecule has 0 unspecified atom stereocenters. The standard InChI is InChI=1S/C11H11N3/c12-11(13)6-8-2-1-3-9-7-14-5-4-10(8)9/h1-5,7H,6H2,(H3,12,13). The summed E-state index contributed by atoms with van der Waals surface area (Å²) >= 11 is 0. The molecule has 1 aromatic carbocycles. The first-order valence-corrected chi connectivity index (χ1v) is 4.42. The molecule has 0 bridgehead atoms. The lowest BCUT2D eigenvalue weighted by molar-refractivity contribution is 1.26. The molecule has 1 aromatic heterocycles. The number of pyridine rings is 1. The summed E-state index contributed by atoms with van der Waals surface area (Å²) in [7, 11) is 0. The van der Waals surface area contributed by atoms with Crippen LogP contribution in [-0.4, -0.2) is 10.8 Å². The van der Waals surface area contributed by atoms with Gasteiger partial charge in [-0.1, -0.05) is 18.2 Å². The van der Waals surface area contributed by atoms with Gasteiger partial charge < -0.3 is 5.73 Å². The van der Waals surface area contributed by atoms with Gasteiger partial charge in [0.1, 0.15) is 0 Å². The molecule has 0 aliphatic carbocycles. The zero-order valence-electron chi connectivity index (χ0n) is 7.70. The van der Waals surface area contributed by atoms with Gasteiger partial charge in [0, 0.05) is 24.2 Å². The highest BCUT2D eigenvalue weighted by molar-refractivity contribution is 5.89. The molecule has 0 aliphatic heterocycles. The molecule has 2 aromatic rings. The summed E-state index contributed by atoms with van der Waals surface area (Å²) in [5.41, 5.74) is 6.46. The van der Waals surface area contributed by atoms with Gasteiger partial charge in [0.25, 0.3) is 0 Å². The summed E-state index contributed by atoms with van der Waals surface area (Å²) in [4.78, 5) is 4.05. The van der Waals surface area contributed by atoms with Crippen molar-refractivity contribution in [2.45, 2.75) is 6.42 Å². The van der Waals surface area contributed by atoms with E-state index < -0.39 is 0 Å². The van der Waals surface area contributed by atoms with E-state index in [0.29, 0.717) is 6.42 Å². The van der Waals surface area contributed by atoms with Crippen molar-refractivity contribution in [2.24, 2.45) is 5.73 Å². The van der Waals surface area contributed by atoms with Crippen LogP contribution in [0.5, 0.6) is 0 Å². The van der Waals surface area contributed by atoms with Gasteiger partial charge in [-0.05, 0) is 17.0 Å². The lowest BCUT2D eigenvalue weighted by Gasteiger charge is -2.04. The zero-order chi connectivity index (χ0) is 9.97. The van der Waals surface area contributed by atoms with Crippen LogP contribution < -0.4 is 5.73 Å².